The minimum atomic E-state index is -0.820. The third-order valence-electron chi connectivity index (χ3n) is 6.86. The van der Waals surface area contributed by atoms with E-state index in [4.69, 9.17) is 11.6 Å². The standard InChI is InChI=1S/C20H32ClF/c1-13-3-6-15(7-4-13)16-8-10-17(11-9-16)18-12-5-14(2)20(22)19(18)21/h10,13-16,18-20H,3-9,11-12H2,1-2H3. The first-order chi connectivity index (χ1) is 10.6. The molecule has 0 radical (unpaired) electrons. The first-order valence-electron chi connectivity index (χ1n) is 9.53. The molecule has 0 saturated heterocycles. The summed E-state index contributed by atoms with van der Waals surface area (Å²) < 4.78 is 14.2. The summed E-state index contributed by atoms with van der Waals surface area (Å²) in [4.78, 5) is 0. The van der Waals surface area contributed by atoms with Gasteiger partial charge in [-0.1, -0.05) is 38.3 Å². The number of hydrogen-bond acceptors (Lipinski definition) is 0. The summed E-state index contributed by atoms with van der Waals surface area (Å²) in [6, 6.07) is 0. The van der Waals surface area contributed by atoms with Crippen molar-refractivity contribution in [3.63, 3.8) is 0 Å². The van der Waals surface area contributed by atoms with E-state index in [-0.39, 0.29) is 11.3 Å². The number of alkyl halides is 2. The third-order valence-corrected chi connectivity index (χ3v) is 7.40. The highest BCUT2D eigenvalue weighted by atomic mass is 35.5. The minimum Gasteiger partial charge on any atom is -0.246 e. The lowest BCUT2D eigenvalue weighted by atomic mass is 9.69. The molecule has 3 aliphatic rings. The van der Waals surface area contributed by atoms with Crippen LogP contribution < -0.4 is 0 Å². The minimum absolute atomic E-state index is 0.139. The summed E-state index contributed by atoms with van der Waals surface area (Å²) >= 11 is 6.45. The van der Waals surface area contributed by atoms with Crippen molar-refractivity contribution in [1.82, 2.24) is 0 Å². The molecule has 0 aromatic carbocycles. The van der Waals surface area contributed by atoms with Crippen LogP contribution in [0.4, 0.5) is 4.39 Å². The Labute approximate surface area is 140 Å². The highest BCUT2D eigenvalue weighted by Crippen LogP contribution is 2.45. The quantitative estimate of drug-likeness (QED) is 0.399. The molecule has 0 heterocycles. The van der Waals surface area contributed by atoms with Crippen LogP contribution in [0.5, 0.6) is 0 Å². The van der Waals surface area contributed by atoms with Gasteiger partial charge in [0.1, 0.15) is 6.17 Å². The van der Waals surface area contributed by atoms with Gasteiger partial charge in [0.2, 0.25) is 0 Å². The van der Waals surface area contributed by atoms with Crippen molar-refractivity contribution in [3.8, 4) is 0 Å². The molecule has 0 amide bonds. The van der Waals surface area contributed by atoms with E-state index in [1.54, 1.807) is 0 Å². The van der Waals surface area contributed by atoms with Crippen LogP contribution in [0.15, 0.2) is 11.6 Å². The SMILES string of the molecule is CC1CCC(C2CC=C(C3CCC(C)C(F)C3Cl)CC2)CC1. The highest BCUT2D eigenvalue weighted by molar-refractivity contribution is 6.21. The first-order valence-corrected chi connectivity index (χ1v) is 9.97. The van der Waals surface area contributed by atoms with Gasteiger partial charge in [0, 0.05) is 0 Å². The lowest BCUT2D eigenvalue weighted by Gasteiger charge is -2.39. The summed E-state index contributed by atoms with van der Waals surface area (Å²) in [5.41, 5.74) is 1.48. The van der Waals surface area contributed by atoms with Gasteiger partial charge >= 0.3 is 0 Å². The highest BCUT2D eigenvalue weighted by Gasteiger charge is 2.39. The Morgan fingerprint density at radius 1 is 0.955 bits per heavy atom. The van der Waals surface area contributed by atoms with Gasteiger partial charge in [-0.3, -0.25) is 0 Å². The van der Waals surface area contributed by atoms with Crippen molar-refractivity contribution >= 4 is 11.6 Å². The van der Waals surface area contributed by atoms with Crippen molar-refractivity contribution in [1.29, 1.82) is 0 Å². The topological polar surface area (TPSA) is 0 Å². The number of allylic oxidation sites excluding steroid dienone is 2. The molecule has 2 heteroatoms. The fourth-order valence-corrected chi connectivity index (χ4v) is 5.62. The van der Waals surface area contributed by atoms with Gasteiger partial charge < -0.3 is 0 Å². The second-order valence-corrected chi connectivity index (χ2v) is 8.89. The van der Waals surface area contributed by atoms with E-state index >= 15 is 0 Å². The van der Waals surface area contributed by atoms with Crippen LogP contribution in [-0.4, -0.2) is 11.5 Å². The van der Waals surface area contributed by atoms with Crippen LogP contribution in [0.25, 0.3) is 0 Å². The smallest absolute Gasteiger partial charge is 0.120 e. The van der Waals surface area contributed by atoms with Gasteiger partial charge in [0.25, 0.3) is 0 Å². The van der Waals surface area contributed by atoms with E-state index in [1.165, 1.54) is 50.5 Å². The van der Waals surface area contributed by atoms with Crippen molar-refractivity contribution in [2.75, 3.05) is 0 Å². The second-order valence-electron chi connectivity index (χ2n) is 8.38. The maximum atomic E-state index is 14.2. The average Bonchev–Trinajstić information content (AvgIpc) is 2.54. The van der Waals surface area contributed by atoms with Crippen LogP contribution >= 0.6 is 11.6 Å². The van der Waals surface area contributed by atoms with Crippen molar-refractivity contribution in [3.05, 3.63) is 11.6 Å². The molecule has 2 saturated carbocycles. The summed E-state index contributed by atoms with van der Waals surface area (Å²) in [6.45, 7) is 4.40. The molecule has 3 rings (SSSR count). The second kappa shape index (κ2) is 7.24. The Hall–Kier alpha value is -0.0400. The van der Waals surface area contributed by atoms with E-state index in [2.05, 4.69) is 13.0 Å². The Bertz CT molecular complexity index is 397. The van der Waals surface area contributed by atoms with Crippen molar-refractivity contribution in [2.24, 2.45) is 29.6 Å². The first kappa shape index (κ1) is 16.8. The lowest BCUT2D eigenvalue weighted by Crippen LogP contribution is -2.37. The van der Waals surface area contributed by atoms with Crippen molar-refractivity contribution in [2.45, 2.75) is 83.2 Å². The Morgan fingerprint density at radius 2 is 1.68 bits per heavy atom. The fourth-order valence-electron chi connectivity index (χ4n) is 5.08. The van der Waals surface area contributed by atoms with Crippen LogP contribution in [0, 0.1) is 29.6 Å². The Balaban J connectivity index is 1.57. The molecule has 0 spiro atoms. The van der Waals surface area contributed by atoms with Gasteiger partial charge in [-0.15, -0.1) is 11.6 Å². The van der Waals surface area contributed by atoms with Gasteiger partial charge in [0.05, 0.1) is 5.38 Å². The van der Waals surface area contributed by atoms with Gasteiger partial charge in [0.15, 0.2) is 0 Å². The molecule has 0 aromatic heterocycles. The Kier molecular flexibility index (Phi) is 5.53. The van der Waals surface area contributed by atoms with Gasteiger partial charge in [-0.25, -0.2) is 4.39 Å². The number of hydrogen-bond donors (Lipinski definition) is 0. The van der Waals surface area contributed by atoms with E-state index in [9.17, 15) is 4.39 Å². The molecule has 0 bridgehead atoms. The molecule has 5 atom stereocenters. The molecular weight excluding hydrogens is 295 g/mol. The summed E-state index contributed by atoms with van der Waals surface area (Å²) in [6.07, 6.45) is 13.1. The molecule has 0 nitrogen and oxygen atoms in total. The zero-order chi connectivity index (χ0) is 15.7. The molecule has 3 aliphatic carbocycles. The molecule has 0 N–H and O–H groups in total. The summed E-state index contributed by atoms with van der Waals surface area (Å²) in [5, 5.41) is -0.290. The molecule has 0 aliphatic heterocycles. The third kappa shape index (κ3) is 3.55. The van der Waals surface area contributed by atoms with Crippen LogP contribution in [0.3, 0.4) is 0 Å². The average molecular weight is 327 g/mol. The molecule has 126 valence electrons. The predicted molar refractivity (Wildman–Crippen MR) is 93.0 cm³/mol. The van der Waals surface area contributed by atoms with Crippen LogP contribution in [0.2, 0.25) is 0 Å². The molecule has 22 heavy (non-hydrogen) atoms. The van der Waals surface area contributed by atoms with E-state index in [0.29, 0.717) is 5.92 Å². The maximum Gasteiger partial charge on any atom is 0.120 e. The summed E-state index contributed by atoms with van der Waals surface area (Å²) in [7, 11) is 0. The van der Waals surface area contributed by atoms with Crippen LogP contribution in [-0.2, 0) is 0 Å². The molecule has 2 fully saturated rings. The van der Waals surface area contributed by atoms with E-state index in [1.807, 2.05) is 6.92 Å². The number of halogens is 2. The summed E-state index contributed by atoms with van der Waals surface area (Å²) in [5.74, 6) is 3.21. The fraction of sp³-hybridized carbons (Fsp3) is 0.900. The van der Waals surface area contributed by atoms with Gasteiger partial charge in [-0.2, -0.15) is 0 Å². The maximum absolute atomic E-state index is 14.2. The zero-order valence-electron chi connectivity index (χ0n) is 14.2. The molecular formula is C20H32ClF. The largest absolute Gasteiger partial charge is 0.246 e. The molecule has 0 aromatic rings. The monoisotopic (exact) mass is 326 g/mol. The van der Waals surface area contributed by atoms with Crippen LogP contribution in [0.1, 0.15) is 71.6 Å². The van der Waals surface area contributed by atoms with Gasteiger partial charge in [-0.05, 0) is 74.5 Å². The molecule has 5 unspecified atom stereocenters. The number of rotatable bonds is 2. The normalized spacial score (nSPS) is 47.1. The Morgan fingerprint density at radius 3 is 2.32 bits per heavy atom. The zero-order valence-corrected chi connectivity index (χ0v) is 15.0. The van der Waals surface area contributed by atoms with E-state index < -0.39 is 6.17 Å². The van der Waals surface area contributed by atoms with E-state index in [0.717, 1.165) is 30.6 Å². The van der Waals surface area contributed by atoms with Crippen molar-refractivity contribution < 1.29 is 4.39 Å². The lowest BCUT2D eigenvalue weighted by molar-refractivity contribution is 0.150. The predicted octanol–water partition coefficient (Wildman–Crippen LogP) is 6.53.